The van der Waals surface area contributed by atoms with E-state index < -0.39 is 17.2 Å². The number of fused-ring (bicyclic) bond motifs is 2. The van der Waals surface area contributed by atoms with Crippen LogP contribution < -0.4 is 0 Å². The van der Waals surface area contributed by atoms with Crippen molar-refractivity contribution in [3.05, 3.63) is 0 Å². The van der Waals surface area contributed by atoms with Crippen molar-refractivity contribution in [3.63, 3.8) is 0 Å². The van der Waals surface area contributed by atoms with Crippen LogP contribution in [0, 0.1) is 11.8 Å². The van der Waals surface area contributed by atoms with Crippen LogP contribution in [0.1, 0.15) is 19.3 Å². The Morgan fingerprint density at radius 2 is 2.00 bits per heavy atom. The molecule has 0 amide bonds. The van der Waals surface area contributed by atoms with Crippen molar-refractivity contribution in [2.75, 3.05) is 0 Å². The van der Waals surface area contributed by atoms with Crippen molar-refractivity contribution in [1.29, 1.82) is 0 Å². The van der Waals surface area contributed by atoms with E-state index in [4.69, 9.17) is 11.6 Å². The summed E-state index contributed by atoms with van der Waals surface area (Å²) in [5.41, 5.74) is 0. The molecule has 3 heteroatoms. The molecule has 2 aliphatic carbocycles. The molecule has 0 saturated heterocycles. The van der Waals surface area contributed by atoms with Crippen LogP contribution in [0.4, 0.5) is 8.78 Å². The van der Waals surface area contributed by atoms with Gasteiger partial charge in [-0.2, -0.15) is 0 Å². The van der Waals surface area contributed by atoms with Crippen LogP contribution in [0.15, 0.2) is 0 Å². The highest BCUT2D eigenvalue weighted by Crippen LogP contribution is 2.55. The van der Waals surface area contributed by atoms with Crippen LogP contribution >= 0.6 is 11.6 Å². The van der Waals surface area contributed by atoms with Crippen LogP contribution in [0.3, 0.4) is 0 Å². The molecule has 0 N–H and O–H groups in total. The zero-order valence-corrected chi connectivity index (χ0v) is 6.24. The lowest BCUT2D eigenvalue weighted by Gasteiger charge is -2.25. The molecule has 58 valence electrons. The quantitative estimate of drug-likeness (QED) is 0.486. The van der Waals surface area contributed by atoms with E-state index in [-0.39, 0.29) is 5.92 Å². The number of hydrogen-bond donors (Lipinski definition) is 0. The second-order valence-electron chi connectivity index (χ2n) is 3.35. The lowest BCUT2D eigenvalue weighted by molar-refractivity contribution is -0.0473. The van der Waals surface area contributed by atoms with Crippen LogP contribution in [0.5, 0.6) is 0 Å². The highest BCUT2D eigenvalue weighted by Gasteiger charge is 2.59. The minimum Gasteiger partial charge on any atom is -0.205 e. The zero-order valence-electron chi connectivity index (χ0n) is 5.49. The molecule has 0 aliphatic heterocycles. The molecule has 0 heterocycles. The average Bonchev–Trinajstić information content (AvgIpc) is 2.37. The average molecular weight is 167 g/mol. The first kappa shape index (κ1) is 6.84. The molecule has 2 saturated carbocycles. The Labute approximate surface area is 63.6 Å². The van der Waals surface area contributed by atoms with Gasteiger partial charge in [0.05, 0.1) is 0 Å². The summed E-state index contributed by atoms with van der Waals surface area (Å²) in [6.07, 6.45) is 2.25. The maximum Gasteiger partial charge on any atom is 0.267 e. The van der Waals surface area contributed by atoms with Gasteiger partial charge in [0.2, 0.25) is 0 Å². The monoisotopic (exact) mass is 166 g/mol. The Hall–Kier alpha value is 0.150. The van der Waals surface area contributed by atoms with Crippen molar-refractivity contribution < 1.29 is 8.78 Å². The molecule has 2 aliphatic rings. The predicted octanol–water partition coefficient (Wildman–Crippen LogP) is 2.66. The summed E-state index contributed by atoms with van der Waals surface area (Å²) in [4.78, 5) is 0. The van der Waals surface area contributed by atoms with Gasteiger partial charge < -0.3 is 0 Å². The minimum absolute atomic E-state index is 0.0988. The van der Waals surface area contributed by atoms with E-state index in [0.717, 1.165) is 6.42 Å². The fourth-order valence-corrected chi connectivity index (χ4v) is 2.58. The van der Waals surface area contributed by atoms with E-state index in [1.54, 1.807) is 0 Å². The second kappa shape index (κ2) is 1.84. The summed E-state index contributed by atoms with van der Waals surface area (Å²) in [6.45, 7) is 0. The van der Waals surface area contributed by atoms with Gasteiger partial charge >= 0.3 is 0 Å². The smallest absolute Gasteiger partial charge is 0.205 e. The van der Waals surface area contributed by atoms with Crippen molar-refractivity contribution in [2.24, 2.45) is 11.8 Å². The molecule has 2 rings (SSSR count). The predicted molar refractivity (Wildman–Crippen MR) is 35.4 cm³/mol. The SMILES string of the molecule is FC1(F)[C@@H]2CC[C@@H](C2)[C@@H]1Cl. The molecule has 0 nitrogen and oxygen atoms in total. The van der Waals surface area contributed by atoms with Crippen LogP contribution in [-0.2, 0) is 0 Å². The van der Waals surface area contributed by atoms with E-state index in [1.807, 2.05) is 0 Å². The standard InChI is InChI=1S/C7H9ClF2/c8-6-4-1-2-5(3-4)7(6,9)10/h4-6H,1-3H2/t4-,5+,6-/m0/s1. The molecule has 0 radical (unpaired) electrons. The number of halogens is 3. The van der Waals surface area contributed by atoms with Gasteiger partial charge in [-0.25, -0.2) is 8.78 Å². The Morgan fingerprint density at radius 3 is 2.30 bits per heavy atom. The van der Waals surface area contributed by atoms with Gasteiger partial charge in [-0.15, -0.1) is 11.6 Å². The fraction of sp³-hybridized carbons (Fsp3) is 1.00. The lowest BCUT2D eigenvalue weighted by atomic mass is 9.96. The molecule has 0 aromatic carbocycles. The van der Waals surface area contributed by atoms with Gasteiger partial charge in [0.1, 0.15) is 5.38 Å². The van der Waals surface area contributed by atoms with E-state index in [0.29, 0.717) is 12.8 Å². The molecule has 0 unspecified atom stereocenters. The second-order valence-corrected chi connectivity index (χ2v) is 3.82. The third kappa shape index (κ3) is 0.659. The maximum atomic E-state index is 12.9. The van der Waals surface area contributed by atoms with E-state index in [9.17, 15) is 8.78 Å². The Kier molecular flexibility index (Phi) is 1.26. The molecule has 0 aromatic heterocycles. The third-order valence-corrected chi connectivity index (χ3v) is 3.45. The lowest BCUT2D eigenvalue weighted by Crippen LogP contribution is -2.35. The van der Waals surface area contributed by atoms with Gasteiger partial charge in [-0.05, 0) is 25.2 Å². The van der Waals surface area contributed by atoms with Crippen molar-refractivity contribution in [1.82, 2.24) is 0 Å². The molecular weight excluding hydrogens is 158 g/mol. The molecule has 2 bridgehead atoms. The van der Waals surface area contributed by atoms with Gasteiger partial charge in [0.15, 0.2) is 0 Å². The molecule has 0 aromatic rings. The highest BCUT2D eigenvalue weighted by atomic mass is 35.5. The zero-order chi connectivity index (χ0) is 7.35. The van der Waals surface area contributed by atoms with Crippen molar-refractivity contribution >= 4 is 11.6 Å². The summed E-state index contributed by atoms with van der Waals surface area (Å²) in [6, 6.07) is 0. The van der Waals surface area contributed by atoms with Crippen molar-refractivity contribution in [2.45, 2.75) is 30.6 Å². The first-order valence-electron chi connectivity index (χ1n) is 3.64. The summed E-state index contributed by atoms with van der Waals surface area (Å²) in [7, 11) is 0. The normalized spacial score (nSPS) is 50.1. The van der Waals surface area contributed by atoms with Gasteiger partial charge in [-0.3, -0.25) is 0 Å². The van der Waals surface area contributed by atoms with Gasteiger partial charge in [0, 0.05) is 5.92 Å². The largest absolute Gasteiger partial charge is 0.267 e. The van der Waals surface area contributed by atoms with E-state index in [1.165, 1.54) is 0 Å². The highest BCUT2D eigenvalue weighted by molar-refractivity contribution is 6.21. The Bertz CT molecular complexity index is 154. The number of hydrogen-bond acceptors (Lipinski definition) is 0. The Balaban J connectivity index is 2.25. The van der Waals surface area contributed by atoms with Crippen LogP contribution in [0.25, 0.3) is 0 Å². The van der Waals surface area contributed by atoms with Crippen LogP contribution in [0.2, 0.25) is 0 Å². The minimum atomic E-state index is -2.57. The maximum absolute atomic E-state index is 12.9. The molecular formula is C7H9ClF2. The molecule has 2 fully saturated rings. The number of rotatable bonds is 0. The van der Waals surface area contributed by atoms with Gasteiger partial charge in [0.25, 0.3) is 5.92 Å². The Morgan fingerprint density at radius 1 is 1.30 bits per heavy atom. The summed E-state index contributed by atoms with van der Waals surface area (Å²) in [5, 5.41) is -0.869. The summed E-state index contributed by atoms with van der Waals surface area (Å²) < 4.78 is 25.8. The summed E-state index contributed by atoms with van der Waals surface area (Å²) in [5.74, 6) is -2.87. The molecule has 10 heavy (non-hydrogen) atoms. The summed E-state index contributed by atoms with van der Waals surface area (Å²) >= 11 is 5.55. The topological polar surface area (TPSA) is 0 Å². The van der Waals surface area contributed by atoms with E-state index >= 15 is 0 Å². The number of alkyl halides is 3. The van der Waals surface area contributed by atoms with E-state index in [2.05, 4.69) is 0 Å². The molecule has 3 atom stereocenters. The first-order chi connectivity index (χ1) is 4.62. The third-order valence-electron chi connectivity index (χ3n) is 2.80. The fourth-order valence-electron chi connectivity index (χ4n) is 2.17. The van der Waals surface area contributed by atoms with Gasteiger partial charge in [-0.1, -0.05) is 0 Å². The van der Waals surface area contributed by atoms with Crippen molar-refractivity contribution in [3.8, 4) is 0 Å². The molecule has 0 spiro atoms. The first-order valence-corrected chi connectivity index (χ1v) is 4.08. The van der Waals surface area contributed by atoms with Crippen LogP contribution in [-0.4, -0.2) is 11.3 Å².